The second kappa shape index (κ2) is 7.61. The van der Waals surface area contributed by atoms with E-state index in [2.05, 4.69) is 21.2 Å². The summed E-state index contributed by atoms with van der Waals surface area (Å²) in [6, 6.07) is 13.1. The summed E-state index contributed by atoms with van der Waals surface area (Å²) in [6.07, 6.45) is -0.632. The lowest BCUT2D eigenvalue weighted by atomic mass is 9.89. The Kier molecular flexibility index (Phi) is 6.08. The highest BCUT2D eigenvalue weighted by Crippen LogP contribution is 2.34. The standard InChI is InChI=1S/C16H16BrCl2NO/c1-20-9-13(10-5-6-14(18)15(19)8-10)16(21)11-3-2-4-12(17)7-11/h2-8,13,16,20-21H,9H2,1H3/t13-,16-/m0/s1. The van der Waals surface area contributed by atoms with Crippen molar-refractivity contribution in [3.63, 3.8) is 0 Å². The molecule has 21 heavy (non-hydrogen) atoms. The van der Waals surface area contributed by atoms with Crippen molar-refractivity contribution in [2.45, 2.75) is 12.0 Å². The van der Waals surface area contributed by atoms with Gasteiger partial charge in [-0.1, -0.05) is 57.3 Å². The van der Waals surface area contributed by atoms with E-state index in [1.54, 1.807) is 6.07 Å². The maximum absolute atomic E-state index is 10.7. The van der Waals surface area contributed by atoms with Gasteiger partial charge in [-0.05, 0) is 42.4 Å². The summed E-state index contributed by atoms with van der Waals surface area (Å²) in [5.41, 5.74) is 1.81. The first-order valence-corrected chi connectivity index (χ1v) is 8.11. The normalized spacial score (nSPS) is 14.0. The number of rotatable bonds is 5. The average Bonchev–Trinajstić information content (AvgIpc) is 2.47. The molecule has 0 bridgehead atoms. The lowest BCUT2D eigenvalue weighted by Gasteiger charge is -2.24. The van der Waals surface area contributed by atoms with Crippen LogP contribution in [0.3, 0.4) is 0 Å². The van der Waals surface area contributed by atoms with Crippen molar-refractivity contribution in [3.05, 3.63) is 68.1 Å². The van der Waals surface area contributed by atoms with Crippen LogP contribution in [0.1, 0.15) is 23.1 Å². The fraction of sp³-hybridized carbons (Fsp3) is 0.250. The van der Waals surface area contributed by atoms with Crippen LogP contribution in [0.15, 0.2) is 46.9 Å². The number of halogens is 3. The molecule has 2 nitrogen and oxygen atoms in total. The van der Waals surface area contributed by atoms with Gasteiger partial charge in [0.25, 0.3) is 0 Å². The van der Waals surface area contributed by atoms with Crippen molar-refractivity contribution in [1.29, 1.82) is 0 Å². The van der Waals surface area contributed by atoms with Crippen LogP contribution < -0.4 is 5.32 Å². The van der Waals surface area contributed by atoms with Gasteiger partial charge in [-0.25, -0.2) is 0 Å². The van der Waals surface area contributed by atoms with Crippen molar-refractivity contribution < 1.29 is 5.11 Å². The molecule has 2 rings (SSSR count). The predicted octanol–water partition coefficient (Wildman–Crippen LogP) is 4.79. The second-order valence-electron chi connectivity index (χ2n) is 4.84. The molecule has 0 saturated carbocycles. The number of aliphatic hydroxyl groups is 1. The van der Waals surface area contributed by atoms with Crippen LogP contribution in [0.4, 0.5) is 0 Å². The third-order valence-corrected chi connectivity index (χ3v) is 4.60. The van der Waals surface area contributed by atoms with Gasteiger partial charge in [-0.2, -0.15) is 0 Å². The number of hydrogen-bond acceptors (Lipinski definition) is 2. The van der Waals surface area contributed by atoms with Crippen molar-refractivity contribution in [2.24, 2.45) is 0 Å². The van der Waals surface area contributed by atoms with Gasteiger partial charge in [0.2, 0.25) is 0 Å². The molecule has 0 aliphatic carbocycles. The largest absolute Gasteiger partial charge is 0.388 e. The first-order chi connectivity index (χ1) is 10.0. The zero-order valence-corrected chi connectivity index (χ0v) is 14.6. The summed E-state index contributed by atoms with van der Waals surface area (Å²) in [6.45, 7) is 0.631. The Morgan fingerprint density at radius 2 is 1.86 bits per heavy atom. The molecule has 2 aromatic rings. The number of likely N-dealkylation sites (N-methyl/N-ethyl adjacent to an activating group) is 1. The molecule has 0 fully saturated rings. The highest BCUT2D eigenvalue weighted by atomic mass is 79.9. The van der Waals surface area contributed by atoms with Gasteiger partial charge >= 0.3 is 0 Å². The van der Waals surface area contributed by atoms with Crippen LogP contribution in [-0.4, -0.2) is 18.7 Å². The van der Waals surface area contributed by atoms with Gasteiger partial charge in [-0.3, -0.25) is 0 Å². The lowest BCUT2D eigenvalue weighted by Crippen LogP contribution is -2.23. The van der Waals surface area contributed by atoms with Crippen LogP contribution in [0.5, 0.6) is 0 Å². The highest BCUT2D eigenvalue weighted by molar-refractivity contribution is 9.10. The minimum Gasteiger partial charge on any atom is -0.388 e. The van der Waals surface area contributed by atoms with Crippen molar-refractivity contribution in [3.8, 4) is 0 Å². The Morgan fingerprint density at radius 3 is 2.48 bits per heavy atom. The fourth-order valence-electron chi connectivity index (χ4n) is 2.30. The lowest BCUT2D eigenvalue weighted by molar-refractivity contribution is 0.144. The molecule has 0 aliphatic heterocycles. The zero-order chi connectivity index (χ0) is 15.4. The maximum atomic E-state index is 10.7. The summed E-state index contributed by atoms with van der Waals surface area (Å²) < 4.78 is 0.941. The van der Waals surface area contributed by atoms with E-state index in [1.807, 2.05) is 43.4 Å². The van der Waals surface area contributed by atoms with Crippen LogP contribution in [-0.2, 0) is 0 Å². The molecule has 0 spiro atoms. The van der Waals surface area contributed by atoms with Gasteiger partial charge in [0.15, 0.2) is 0 Å². The molecule has 0 unspecified atom stereocenters. The molecular weight excluding hydrogens is 373 g/mol. The van der Waals surface area contributed by atoms with Crippen LogP contribution in [0, 0.1) is 0 Å². The molecule has 0 heterocycles. The second-order valence-corrected chi connectivity index (χ2v) is 6.57. The summed E-state index contributed by atoms with van der Waals surface area (Å²) in [5.74, 6) is -0.112. The molecule has 2 atom stereocenters. The van der Waals surface area contributed by atoms with Gasteiger partial charge in [0.05, 0.1) is 16.1 Å². The Balaban J connectivity index is 2.35. The summed E-state index contributed by atoms with van der Waals surface area (Å²) in [7, 11) is 1.86. The van der Waals surface area contributed by atoms with E-state index < -0.39 is 6.10 Å². The first-order valence-electron chi connectivity index (χ1n) is 6.56. The minimum absolute atomic E-state index is 0.112. The van der Waals surface area contributed by atoms with E-state index in [-0.39, 0.29) is 5.92 Å². The number of benzene rings is 2. The fourth-order valence-corrected chi connectivity index (χ4v) is 3.02. The molecule has 0 saturated heterocycles. The molecule has 0 amide bonds. The Hall–Kier alpha value is -0.580. The number of aliphatic hydroxyl groups excluding tert-OH is 1. The van der Waals surface area contributed by atoms with Crippen molar-refractivity contribution in [1.82, 2.24) is 5.32 Å². The van der Waals surface area contributed by atoms with E-state index in [1.165, 1.54) is 0 Å². The molecule has 0 aliphatic rings. The van der Waals surface area contributed by atoms with Crippen LogP contribution in [0.25, 0.3) is 0 Å². The topological polar surface area (TPSA) is 32.3 Å². The number of nitrogens with one attached hydrogen (secondary N) is 1. The van der Waals surface area contributed by atoms with Crippen molar-refractivity contribution in [2.75, 3.05) is 13.6 Å². The zero-order valence-electron chi connectivity index (χ0n) is 11.5. The third-order valence-electron chi connectivity index (χ3n) is 3.37. The first kappa shape index (κ1) is 16.8. The molecule has 0 radical (unpaired) electrons. The van der Waals surface area contributed by atoms with Crippen molar-refractivity contribution >= 4 is 39.1 Å². The molecule has 112 valence electrons. The monoisotopic (exact) mass is 387 g/mol. The minimum atomic E-state index is -0.632. The van der Waals surface area contributed by atoms with Crippen LogP contribution in [0.2, 0.25) is 10.0 Å². The summed E-state index contributed by atoms with van der Waals surface area (Å²) >= 11 is 15.5. The van der Waals surface area contributed by atoms with Gasteiger partial charge in [0, 0.05) is 16.9 Å². The summed E-state index contributed by atoms with van der Waals surface area (Å²) in [5, 5.41) is 14.8. The smallest absolute Gasteiger partial charge is 0.0871 e. The molecule has 2 N–H and O–H groups in total. The van der Waals surface area contributed by atoms with Gasteiger partial charge in [-0.15, -0.1) is 0 Å². The molecule has 2 aromatic carbocycles. The SMILES string of the molecule is CNC[C@@H](c1ccc(Cl)c(Cl)c1)[C@@H](O)c1cccc(Br)c1. The van der Waals surface area contributed by atoms with Gasteiger partial charge in [0.1, 0.15) is 0 Å². The van der Waals surface area contributed by atoms with Crippen LogP contribution >= 0.6 is 39.1 Å². The summed E-state index contributed by atoms with van der Waals surface area (Å²) in [4.78, 5) is 0. The highest BCUT2D eigenvalue weighted by Gasteiger charge is 2.23. The van der Waals surface area contributed by atoms with E-state index >= 15 is 0 Å². The quantitative estimate of drug-likeness (QED) is 0.771. The van der Waals surface area contributed by atoms with E-state index in [4.69, 9.17) is 23.2 Å². The Bertz CT molecular complexity index is 621. The predicted molar refractivity (Wildman–Crippen MR) is 92.2 cm³/mol. The maximum Gasteiger partial charge on any atom is 0.0871 e. The third kappa shape index (κ3) is 4.21. The average molecular weight is 389 g/mol. The molecule has 0 aromatic heterocycles. The molecule has 5 heteroatoms. The number of hydrogen-bond donors (Lipinski definition) is 2. The van der Waals surface area contributed by atoms with Gasteiger partial charge < -0.3 is 10.4 Å². The van der Waals surface area contributed by atoms with E-state index in [9.17, 15) is 5.11 Å². The molecular formula is C16H16BrCl2NO. The Morgan fingerprint density at radius 1 is 1.10 bits per heavy atom. The Labute approximate surface area is 143 Å². The van der Waals surface area contributed by atoms with E-state index in [0.29, 0.717) is 16.6 Å². The van der Waals surface area contributed by atoms with E-state index in [0.717, 1.165) is 15.6 Å².